The number of amides is 1. The highest BCUT2D eigenvalue weighted by Crippen LogP contribution is 2.49. The van der Waals surface area contributed by atoms with Gasteiger partial charge in [0.05, 0.1) is 13.2 Å². The van der Waals surface area contributed by atoms with E-state index in [-0.39, 0.29) is 23.3 Å². The first-order valence-corrected chi connectivity index (χ1v) is 14.9. The molecule has 7 nitrogen and oxygen atoms in total. The number of carbonyl (C=O) groups excluding carboxylic acids is 1. The van der Waals surface area contributed by atoms with Crippen LogP contribution in [0.25, 0.3) is 0 Å². The second kappa shape index (κ2) is 12.1. The Morgan fingerprint density at radius 2 is 1.78 bits per heavy atom. The van der Waals surface area contributed by atoms with E-state index >= 15 is 0 Å². The summed E-state index contributed by atoms with van der Waals surface area (Å²) in [5, 5.41) is 14.5. The van der Waals surface area contributed by atoms with Crippen molar-refractivity contribution in [3.63, 3.8) is 0 Å². The molecule has 2 aliphatic rings. The molecule has 2 aliphatic heterocycles. The van der Waals surface area contributed by atoms with Crippen molar-refractivity contribution in [3.05, 3.63) is 64.7 Å². The van der Waals surface area contributed by atoms with Gasteiger partial charge in [-0.25, -0.2) is 4.79 Å². The van der Waals surface area contributed by atoms with E-state index < -0.39 is 29.6 Å². The van der Waals surface area contributed by atoms with Crippen LogP contribution in [0.1, 0.15) is 89.1 Å². The van der Waals surface area contributed by atoms with E-state index in [0.717, 1.165) is 35.3 Å². The van der Waals surface area contributed by atoms with Crippen LogP contribution >= 0.6 is 0 Å². The molecular formula is C34H48N2O5. The maximum absolute atomic E-state index is 14.2. The molecule has 2 N–H and O–H groups in total. The minimum atomic E-state index is -1.00. The fraction of sp³-hybridized carbons (Fsp3) is 0.588. The first-order valence-electron chi connectivity index (χ1n) is 14.9. The Morgan fingerprint density at radius 3 is 2.34 bits per heavy atom. The number of rotatable bonds is 7. The molecule has 0 saturated carbocycles. The molecule has 5 atom stereocenters. The molecule has 2 heterocycles. The SMILES string of the molecule is COc1ccc(C(C)(C)C)cc1CN[C@H]1[C@H](C(C)(C)C)[C@@H](C(=O)O)N(C(=O)[C@@H]2CCCCO2)[C@H]1c1ccccc1C. The van der Waals surface area contributed by atoms with Crippen molar-refractivity contribution in [2.24, 2.45) is 11.3 Å². The van der Waals surface area contributed by atoms with Crippen molar-refractivity contribution in [2.45, 2.75) is 104 Å². The van der Waals surface area contributed by atoms with Crippen LogP contribution in [0.4, 0.5) is 0 Å². The zero-order valence-electron chi connectivity index (χ0n) is 26.0. The Kier molecular flexibility index (Phi) is 9.19. The van der Waals surface area contributed by atoms with E-state index in [1.165, 1.54) is 5.56 Å². The topological polar surface area (TPSA) is 88.1 Å². The molecule has 2 saturated heterocycles. The Labute approximate surface area is 245 Å². The predicted octanol–water partition coefficient (Wildman–Crippen LogP) is 6.03. The number of hydrogen-bond donors (Lipinski definition) is 2. The van der Waals surface area contributed by atoms with Crippen LogP contribution in [-0.2, 0) is 26.3 Å². The zero-order chi connectivity index (χ0) is 30.1. The fourth-order valence-electron chi connectivity index (χ4n) is 6.68. The predicted molar refractivity (Wildman–Crippen MR) is 161 cm³/mol. The Morgan fingerprint density at radius 1 is 1.07 bits per heavy atom. The first kappa shape index (κ1) is 31.0. The van der Waals surface area contributed by atoms with Crippen molar-refractivity contribution >= 4 is 11.9 Å². The van der Waals surface area contributed by atoms with E-state index in [0.29, 0.717) is 19.6 Å². The van der Waals surface area contributed by atoms with Gasteiger partial charge in [-0.3, -0.25) is 4.79 Å². The maximum atomic E-state index is 14.2. The van der Waals surface area contributed by atoms with Gasteiger partial charge in [0.2, 0.25) is 0 Å². The molecule has 0 aromatic heterocycles. The van der Waals surface area contributed by atoms with Gasteiger partial charge in [0.25, 0.3) is 5.91 Å². The molecular weight excluding hydrogens is 516 g/mol. The zero-order valence-corrected chi connectivity index (χ0v) is 26.0. The summed E-state index contributed by atoms with van der Waals surface area (Å²) in [5.74, 6) is -0.795. The lowest BCUT2D eigenvalue weighted by molar-refractivity contribution is -0.159. The fourth-order valence-corrected chi connectivity index (χ4v) is 6.68. The highest BCUT2D eigenvalue weighted by molar-refractivity contribution is 5.88. The quantitative estimate of drug-likeness (QED) is 0.427. The molecule has 0 unspecified atom stereocenters. The summed E-state index contributed by atoms with van der Waals surface area (Å²) in [6, 6.07) is 12.5. The standard InChI is InChI=1S/C34H48N2O5/c1-21-13-9-10-14-24(21)29-28(35-20-22-19-23(33(2,3)4)16-17-25(22)40-8)27(34(5,6)7)30(32(38)39)36(29)31(37)26-15-11-12-18-41-26/h9-10,13-14,16-17,19,26-30,35H,11-12,15,18,20H2,1-8H3,(H,38,39)/t26-,27-,28-,29-,30-/m0/s1. The number of benzene rings is 2. The highest BCUT2D eigenvalue weighted by atomic mass is 16.5. The molecule has 41 heavy (non-hydrogen) atoms. The molecule has 0 bridgehead atoms. The maximum Gasteiger partial charge on any atom is 0.326 e. The van der Waals surface area contributed by atoms with Crippen LogP contribution in [0.5, 0.6) is 5.75 Å². The number of carboxylic acids is 1. The Balaban J connectivity index is 1.84. The normalized spacial score (nSPS) is 25.3. The highest BCUT2D eigenvalue weighted by Gasteiger charge is 2.58. The number of hydrogen-bond acceptors (Lipinski definition) is 5. The summed E-state index contributed by atoms with van der Waals surface area (Å²) >= 11 is 0. The molecule has 224 valence electrons. The lowest BCUT2D eigenvalue weighted by Gasteiger charge is -2.36. The third-order valence-corrected chi connectivity index (χ3v) is 8.81. The summed E-state index contributed by atoms with van der Waals surface area (Å²) in [4.78, 5) is 29.0. The van der Waals surface area contributed by atoms with Gasteiger partial charge in [0.1, 0.15) is 17.9 Å². The van der Waals surface area contributed by atoms with Crippen LogP contribution < -0.4 is 10.1 Å². The van der Waals surface area contributed by atoms with E-state index in [2.05, 4.69) is 59.0 Å². The average Bonchev–Trinajstić information content (AvgIpc) is 3.27. The lowest BCUT2D eigenvalue weighted by Crippen LogP contribution is -2.51. The summed E-state index contributed by atoms with van der Waals surface area (Å²) < 4.78 is 11.7. The summed E-state index contributed by atoms with van der Waals surface area (Å²) in [6.45, 7) is 15.8. The van der Waals surface area contributed by atoms with Crippen molar-refractivity contribution in [3.8, 4) is 5.75 Å². The van der Waals surface area contributed by atoms with E-state index in [9.17, 15) is 14.7 Å². The number of aliphatic carboxylic acids is 1. The lowest BCUT2D eigenvalue weighted by atomic mass is 9.72. The van der Waals surface area contributed by atoms with Gasteiger partial charge in [-0.1, -0.05) is 77.9 Å². The average molecular weight is 565 g/mol. The van der Waals surface area contributed by atoms with Gasteiger partial charge in [-0.05, 0) is 59.8 Å². The number of nitrogens with one attached hydrogen (secondary N) is 1. The number of carbonyl (C=O) groups is 2. The minimum absolute atomic E-state index is 0.0381. The van der Waals surface area contributed by atoms with Gasteiger partial charge >= 0.3 is 5.97 Å². The van der Waals surface area contributed by atoms with Crippen molar-refractivity contribution in [2.75, 3.05) is 13.7 Å². The van der Waals surface area contributed by atoms with E-state index in [1.54, 1.807) is 12.0 Å². The molecule has 0 aliphatic carbocycles. The molecule has 2 aromatic carbocycles. The van der Waals surface area contributed by atoms with Crippen molar-refractivity contribution in [1.82, 2.24) is 10.2 Å². The Bertz CT molecular complexity index is 1240. The number of methoxy groups -OCH3 is 1. The summed E-state index contributed by atoms with van der Waals surface area (Å²) in [6.07, 6.45) is 1.79. The Hall–Kier alpha value is -2.90. The van der Waals surface area contributed by atoms with Gasteiger partial charge in [-0.2, -0.15) is 0 Å². The first-order chi connectivity index (χ1) is 19.3. The number of nitrogens with zero attached hydrogens (tertiary/aromatic N) is 1. The monoisotopic (exact) mass is 564 g/mol. The molecule has 2 aromatic rings. The smallest absolute Gasteiger partial charge is 0.326 e. The number of aryl methyl sites for hydroxylation is 1. The molecule has 4 rings (SSSR count). The second-order valence-electron chi connectivity index (χ2n) is 13.8. The molecule has 7 heteroatoms. The van der Waals surface area contributed by atoms with Crippen LogP contribution in [0.15, 0.2) is 42.5 Å². The van der Waals surface area contributed by atoms with Gasteiger partial charge < -0.3 is 24.8 Å². The number of carboxylic acid groups (broad SMARTS) is 1. The van der Waals surface area contributed by atoms with Crippen LogP contribution in [0.3, 0.4) is 0 Å². The van der Waals surface area contributed by atoms with Crippen LogP contribution in [0.2, 0.25) is 0 Å². The van der Waals surface area contributed by atoms with Gasteiger partial charge in [-0.15, -0.1) is 0 Å². The minimum Gasteiger partial charge on any atom is -0.496 e. The van der Waals surface area contributed by atoms with Crippen molar-refractivity contribution in [1.29, 1.82) is 0 Å². The third kappa shape index (κ3) is 6.46. The van der Waals surface area contributed by atoms with Gasteiger partial charge in [0.15, 0.2) is 0 Å². The van der Waals surface area contributed by atoms with E-state index in [1.807, 2.05) is 37.3 Å². The molecule has 1 amide bonds. The second-order valence-corrected chi connectivity index (χ2v) is 13.8. The van der Waals surface area contributed by atoms with Gasteiger partial charge in [0, 0.05) is 30.7 Å². The van der Waals surface area contributed by atoms with E-state index in [4.69, 9.17) is 9.47 Å². The molecule has 0 radical (unpaired) electrons. The van der Waals surface area contributed by atoms with Crippen molar-refractivity contribution < 1.29 is 24.2 Å². The largest absolute Gasteiger partial charge is 0.496 e. The van der Waals surface area contributed by atoms with Crippen LogP contribution in [0, 0.1) is 18.3 Å². The molecule has 0 spiro atoms. The molecule has 2 fully saturated rings. The number of ether oxygens (including phenoxy) is 2. The summed E-state index contributed by atoms with van der Waals surface area (Å²) in [5.41, 5.74) is 3.73. The van der Waals surface area contributed by atoms with Crippen LogP contribution in [-0.4, -0.2) is 53.8 Å². The third-order valence-electron chi connectivity index (χ3n) is 8.81. The summed E-state index contributed by atoms with van der Waals surface area (Å²) in [7, 11) is 1.67. The number of likely N-dealkylation sites (tertiary alicyclic amines) is 1.